The van der Waals surface area contributed by atoms with Crippen LogP contribution in [0.2, 0.25) is 0 Å². The van der Waals surface area contributed by atoms with Crippen molar-refractivity contribution in [2.24, 2.45) is 0 Å². The average Bonchev–Trinajstić information content (AvgIpc) is 2.65. The van der Waals surface area contributed by atoms with Crippen molar-refractivity contribution in [3.8, 4) is 0 Å². The van der Waals surface area contributed by atoms with Crippen molar-refractivity contribution in [1.82, 2.24) is 4.90 Å². The molecule has 2 aromatic rings. The van der Waals surface area contributed by atoms with Gasteiger partial charge in [0.15, 0.2) is 0 Å². The number of amides is 1. The smallest absolute Gasteiger partial charge is 0.329 e. The van der Waals surface area contributed by atoms with Gasteiger partial charge in [-0.1, -0.05) is 54.6 Å². The maximum absolute atomic E-state index is 12.5. The molecule has 5 nitrogen and oxygen atoms in total. The molecule has 0 radical (unpaired) electrons. The largest absolute Gasteiger partial charge is 0.459 e. The minimum Gasteiger partial charge on any atom is -0.459 e. The third-order valence-corrected chi connectivity index (χ3v) is 4.13. The van der Waals surface area contributed by atoms with Gasteiger partial charge >= 0.3 is 5.97 Å². The molecule has 1 amide bonds. The molecule has 0 unspecified atom stereocenters. The second kappa shape index (κ2) is 7.08. The Bertz CT molecular complexity index is 757. The molecule has 122 valence electrons. The highest BCUT2D eigenvalue weighted by Gasteiger charge is 2.35. The first-order valence-corrected chi connectivity index (χ1v) is 7.72. The Kier molecular flexibility index (Phi) is 4.70. The standard InChI is InChI=1S/C19H17NO4/c21-12-18(22)20-11-16-9-5-4-8-15(16)10-17(20)19(23)24-13-14-6-2-1-3-7-14/h1-9,12,17H,10-11,13H2/t17-/m0/s1. The van der Waals surface area contributed by atoms with Crippen LogP contribution < -0.4 is 0 Å². The van der Waals surface area contributed by atoms with Gasteiger partial charge in [0, 0.05) is 13.0 Å². The summed E-state index contributed by atoms with van der Waals surface area (Å²) in [5.41, 5.74) is 2.81. The molecule has 3 rings (SSSR count). The molecule has 0 N–H and O–H groups in total. The molecule has 0 aliphatic carbocycles. The first-order chi connectivity index (χ1) is 11.7. The molecule has 0 saturated heterocycles. The third kappa shape index (κ3) is 3.35. The van der Waals surface area contributed by atoms with E-state index in [4.69, 9.17) is 4.74 Å². The number of esters is 1. The van der Waals surface area contributed by atoms with Gasteiger partial charge in [0.2, 0.25) is 6.29 Å². The number of carbonyl (C=O) groups excluding carboxylic acids is 3. The predicted octanol–water partition coefficient (Wildman–Crippen LogP) is 1.88. The van der Waals surface area contributed by atoms with Gasteiger partial charge in [0.1, 0.15) is 12.6 Å². The van der Waals surface area contributed by atoms with Crippen molar-refractivity contribution < 1.29 is 19.1 Å². The van der Waals surface area contributed by atoms with Crippen LogP contribution in [0.5, 0.6) is 0 Å². The monoisotopic (exact) mass is 323 g/mol. The average molecular weight is 323 g/mol. The fourth-order valence-electron chi connectivity index (χ4n) is 2.86. The zero-order valence-corrected chi connectivity index (χ0v) is 13.1. The van der Waals surface area contributed by atoms with E-state index in [1.807, 2.05) is 54.6 Å². The van der Waals surface area contributed by atoms with E-state index in [0.717, 1.165) is 16.7 Å². The first-order valence-electron chi connectivity index (χ1n) is 7.72. The van der Waals surface area contributed by atoms with E-state index in [1.165, 1.54) is 4.90 Å². The van der Waals surface area contributed by atoms with Crippen LogP contribution in [0.1, 0.15) is 16.7 Å². The number of carbonyl (C=O) groups is 3. The van der Waals surface area contributed by atoms with Crippen LogP contribution in [0.15, 0.2) is 54.6 Å². The zero-order valence-electron chi connectivity index (χ0n) is 13.1. The van der Waals surface area contributed by atoms with Crippen molar-refractivity contribution >= 4 is 18.2 Å². The normalized spacial score (nSPS) is 16.2. The number of rotatable bonds is 4. The lowest BCUT2D eigenvalue weighted by Gasteiger charge is -2.34. The Labute approximate surface area is 139 Å². The summed E-state index contributed by atoms with van der Waals surface area (Å²) in [6.45, 7) is 0.375. The fraction of sp³-hybridized carbons (Fsp3) is 0.211. The molecule has 24 heavy (non-hydrogen) atoms. The van der Waals surface area contributed by atoms with Gasteiger partial charge in [-0.3, -0.25) is 9.59 Å². The second-order valence-corrected chi connectivity index (χ2v) is 5.67. The molecule has 0 spiro atoms. The van der Waals surface area contributed by atoms with E-state index < -0.39 is 17.9 Å². The molecule has 2 aromatic carbocycles. The lowest BCUT2D eigenvalue weighted by atomic mass is 9.94. The topological polar surface area (TPSA) is 63.7 Å². The number of aldehydes is 1. The van der Waals surface area contributed by atoms with E-state index in [-0.39, 0.29) is 19.4 Å². The summed E-state index contributed by atoms with van der Waals surface area (Å²) < 4.78 is 5.36. The Hall–Kier alpha value is -2.95. The summed E-state index contributed by atoms with van der Waals surface area (Å²) in [6, 6.07) is 16.1. The second-order valence-electron chi connectivity index (χ2n) is 5.67. The first kappa shape index (κ1) is 15.9. The van der Waals surface area contributed by atoms with Crippen LogP contribution in [0.3, 0.4) is 0 Å². The summed E-state index contributed by atoms with van der Waals surface area (Å²) in [5.74, 6) is -1.20. The number of fused-ring (bicyclic) bond motifs is 1. The van der Waals surface area contributed by atoms with Crippen molar-refractivity contribution in [2.75, 3.05) is 0 Å². The summed E-state index contributed by atoms with van der Waals surface area (Å²) in [5, 5.41) is 0. The van der Waals surface area contributed by atoms with Crippen molar-refractivity contribution in [2.45, 2.75) is 25.6 Å². The maximum Gasteiger partial charge on any atom is 0.329 e. The molecule has 1 heterocycles. The van der Waals surface area contributed by atoms with Gasteiger partial charge in [-0.15, -0.1) is 0 Å². The molecule has 5 heteroatoms. The van der Waals surface area contributed by atoms with Crippen molar-refractivity contribution in [3.05, 3.63) is 71.3 Å². The number of benzene rings is 2. The van der Waals surface area contributed by atoms with Gasteiger partial charge in [-0.05, 0) is 16.7 Å². The van der Waals surface area contributed by atoms with Crippen LogP contribution in [-0.4, -0.2) is 29.1 Å². The highest BCUT2D eigenvalue weighted by Crippen LogP contribution is 2.24. The Morgan fingerprint density at radius 3 is 2.42 bits per heavy atom. The molecule has 0 saturated carbocycles. The van der Waals surface area contributed by atoms with E-state index >= 15 is 0 Å². The molecular weight excluding hydrogens is 306 g/mol. The summed E-state index contributed by atoms with van der Waals surface area (Å²) in [4.78, 5) is 36.6. The van der Waals surface area contributed by atoms with Gasteiger partial charge in [-0.2, -0.15) is 0 Å². The SMILES string of the molecule is O=CC(=O)N1Cc2ccccc2C[C@H]1C(=O)OCc1ccccc1. The van der Waals surface area contributed by atoms with Crippen LogP contribution in [0.25, 0.3) is 0 Å². The molecular formula is C19H17NO4. The van der Waals surface area contributed by atoms with Gasteiger partial charge in [-0.25, -0.2) is 4.79 Å². The Balaban J connectivity index is 1.77. The highest BCUT2D eigenvalue weighted by molar-refractivity contribution is 6.24. The van der Waals surface area contributed by atoms with E-state index in [1.54, 1.807) is 0 Å². The van der Waals surface area contributed by atoms with Crippen molar-refractivity contribution in [1.29, 1.82) is 0 Å². The molecule has 1 aliphatic rings. The minimum absolute atomic E-state index is 0.140. The highest BCUT2D eigenvalue weighted by atomic mass is 16.5. The summed E-state index contributed by atoms with van der Waals surface area (Å²) >= 11 is 0. The molecule has 1 atom stereocenters. The molecule has 0 bridgehead atoms. The molecule has 1 aliphatic heterocycles. The number of hydrogen-bond donors (Lipinski definition) is 0. The van der Waals surface area contributed by atoms with E-state index in [9.17, 15) is 14.4 Å². The van der Waals surface area contributed by atoms with E-state index in [2.05, 4.69) is 0 Å². The van der Waals surface area contributed by atoms with Crippen molar-refractivity contribution in [3.63, 3.8) is 0 Å². The summed E-state index contributed by atoms with van der Waals surface area (Å²) in [7, 11) is 0. The molecule has 0 fully saturated rings. The van der Waals surface area contributed by atoms with Crippen LogP contribution in [0, 0.1) is 0 Å². The zero-order chi connectivity index (χ0) is 16.9. The van der Waals surface area contributed by atoms with Gasteiger partial charge in [0.05, 0.1) is 0 Å². The fourth-order valence-corrected chi connectivity index (χ4v) is 2.86. The lowest BCUT2D eigenvalue weighted by molar-refractivity contribution is -0.157. The summed E-state index contributed by atoms with van der Waals surface area (Å²) in [6.07, 6.45) is 0.592. The lowest BCUT2D eigenvalue weighted by Crippen LogP contribution is -2.49. The Morgan fingerprint density at radius 1 is 1.04 bits per heavy atom. The number of hydrogen-bond acceptors (Lipinski definition) is 4. The number of nitrogens with zero attached hydrogens (tertiary/aromatic N) is 1. The van der Waals surface area contributed by atoms with E-state index in [0.29, 0.717) is 6.42 Å². The molecule has 0 aromatic heterocycles. The maximum atomic E-state index is 12.5. The van der Waals surface area contributed by atoms with Crippen LogP contribution in [-0.2, 0) is 38.7 Å². The van der Waals surface area contributed by atoms with Crippen LogP contribution in [0.4, 0.5) is 0 Å². The quantitative estimate of drug-likeness (QED) is 0.490. The predicted molar refractivity (Wildman–Crippen MR) is 86.8 cm³/mol. The minimum atomic E-state index is -0.777. The Morgan fingerprint density at radius 2 is 1.71 bits per heavy atom. The van der Waals surface area contributed by atoms with Gasteiger partial charge in [0.25, 0.3) is 5.91 Å². The number of ether oxygens (including phenoxy) is 1. The van der Waals surface area contributed by atoms with Gasteiger partial charge < -0.3 is 9.64 Å². The third-order valence-electron chi connectivity index (χ3n) is 4.13. The van der Waals surface area contributed by atoms with Crippen LogP contribution >= 0.6 is 0 Å².